The standard InChI is InChI=1S/C19H16N2O3S/c1-25-17-9-4-14(5-10-17)6-11-19(23)24-13-18(22)21-16-7-2-15(12-20)3-8-16/h2-11H,13H2,1H3,(H,21,22)/b11-6+. The smallest absolute Gasteiger partial charge is 0.331 e. The highest BCUT2D eigenvalue weighted by molar-refractivity contribution is 7.98. The van der Waals surface area contributed by atoms with Crippen molar-refractivity contribution in [3.05, 3.63) is 65.7 Å². The number of nitrogens with one attached hydrogen (secondary N) is 1. The average molecular weight is 352 g/mol. The van der Waals surface area contributed by atoms with Gasteiger partial charge in [0.05, 0.1) is 11.6 Å². The molecule has 0 atom stereocenters. The summed E-state index contributed by atoms with van der Waals surface area (Å²) < 4.78 is 4.89. The van der Waals surface area contributed by atoms with Gasteiger partial charge in [0.1, 0.15) is 0 Å². The van der Waals surface area contributed by atoms with E-state index in [0.29, 0.717) is 11.3 Å². The zero-order valence-corrected chi connectivity index (χ0v) is 14.4. The second-order valence-electron chi connectivity index (χ2n) is 4.95. The summed E-state index contributed by atoms with van der Waals surface area (Å²) in [5.74, 6) is -1.04. The molecule has 0 fully saturated rings. The number of rotatable bonds is 6. The minimum absolute atomic E-state index is 0.380. The van der Waals surface area contributed by atoms with Crippen molar-refractivity contribution in [3.8, 4) is 6.07 Å². The first-order valence-corrected chi connectivity index (χ1v) is 8.62. The molecule has 0 bridgehead atoms. The van der Waals surface area contributed by atoms with Crippen molar-refractivity contribution < 1.29 is 14.3 Å². The number of hydrogen-bond acceptors (Lipinski definition) is 5. The lowest BCUT2D eigenvalue weighted by atomic mass is 10.2. The van der Waals surface area contributed by atoms with Gasteiger partial charge in [0.2, 0.25) is 0 Å². The zero-order chi connectivity index (χ0) is 18.1. The molecular formula is C19H16N2O3S. The molecule has 0 aliphatic rings. The highest BCUT2D eigenvalue weighted by Gasteiger charge is 2.05. The predicted molar refractivity (Wildman–Crippen MR) is 98.0 cm³/mol. The number of amides is 1. The van der Waals surface area contributed by atoms with Crippen LogP contribution in [0.4, 0.5) is 5.69 Å². The van der Waals surface area contributed by atoms with Crippen molar-refractivity contribution in [1.82, 2.24) is 0 Å². The molecule has 2 aromatic rings. The molecular weight excluding hydrogens is 336 g/mol. The van der Waals surface area contributed by atoms with Gasteiger partial charge < -0.3 is 10.1 Å². The van der Waals surface area contributed by atoms with E-state index in [1.165, 1.54) is 6.08 Å². The second-order valence-corrected chi connectivity index (χ2v) is 5.83. The number of nitriles is 1. The monoisotopic (exact) mass is 352 g/mol. The lowest BCUT2D eigenvalue weighted by molar-refractivity contribution is -0.142. The van der Waals surface area contributed by atoms with Crippen molar-refractivity contribution in [2.24, 2.45) is 0 Å². The van der Waals surface area contributed by atoms with E-state index in [4.69, 9.17) is 10.00 Å². The quantitative estimate of drug-likeness (QED) is 0.489. The van der Waals surface area contributed by atoms with Crippen LogP contribution < -0.4 is 5.32 Å². The first kappa shape index (κ1) is 18.3. The van der Waals surface area contributed by atoms with Gasteiger partial charge in [-0.1, -0.05) is 12.1 Å². The fraction of sp³-hybridized carbons (Fsp3) is 0.105. The Morgan fingerprint density at radius 1 is 1.16 bits per heavy atom. The summed E-state index contributed by atoms with van der Waals surface area (Å²) in [4.78, 5) is 24.5. The van der Waals surface area contributed by atoms with Gasteiger partial charge in [0.25, 0.3) is 5.91 Å². The van der Waals surface area contributed by atoms with Crippen molar-refractivity contribution in [2.75, 3.05) is 18.2 Å². The largest absolute Gasteiger partial charge is 0.452 e. The summed E-state index contributed by atoms with van der Waals surface area (Å²) >= 11 is 1.64. The molecule has 0 spiro atoms. The molecule has 0 saturated carbocycles. The van der Waals surface area contributed by atoms with Crippen LogP contribution in [0.5, 0.6) is 0 Å². The highest BCUT2D eigenvalue weighted by Crippen LogP contribution is 2.15. The molecule has 0 heterocycles. The maximum Gasteiger partial charge on any atom is 0.331 e. The van der Waals surface area contributed by atoms with Crippen LogP contribution in [0.2, 0.25) is 0 Å². The maximum absolute atomic E-state index is 11.7. The van der Waals surface area contributed by atoms with Gasteiger partial charge in [0, 0.05) is 16.7 Å². The number of anilines is 1. The van der Waals surface area contributed by atoms with E-state index in [0.717, 1.165) is 10.5 Å². The molecule has 2 aromatic carbocycles. The Bertz CT molecular complexity index is 806. The third kappa shape index (κ3) is 6.16. The zero-order valence-electron chi connectivity index (χ0n) is 13.6. The molecule has 25 heavy (non-hydrogen) atoms. The Hall–Kier alpha value is -3.04. The Morgan fingerprint density at radius 2 is 1.84 bits per heavy atom. The molecule has 2 rings (SSSR count). The van der Waals surface area contributed by atoms with Gasteiger partial charge in [-0.2, -0.15) is 5.26 Å². The maximum atomic E-state index is 11.7. The van der Waals surface area contributed by atoms with E-state index in [1.807, 2.05) is 36.6 Å². The summed E-state index contributed by atoms with van der Waals surface area (Å²) in [5.41, 5.74) is 1.90. The first-order valence-electron chi connectivity index (χ1n) is 7.39. The van der Waals surface area contributed by atoms with Crippen LogP contribution in [0.25, 0.3) is 6.08 Å². The summed E-state index contributed by atoms with van der Waals surface area (Å²) in [6.45, 7) is -0.380. The van der Waals surface area contributed by atoms with Crippen LogP contribution in [0.1, 0.15) is 11.1 Å². The van der Waals surface area contributed by atoms with Gasteiger partial charge in [-0.25, -0.2) is 4.79 Å². The summed E-state index contributed by atoms with van der Waals surface area (Å²) in [5, 5.41) is 11.3. The number of benzene rings is 2. The molecule has 0 aliphatic carbocycles. The summed E-state index contributed by atoms with van der Waals surface area (Å²) in [7, 11) is 0. The van der Waals surface area contributed by atoms with E-state index in [-0.39, 0.29) is 6.61 Å². The van der Waals surface area contributed by atoms with E-state index in [1.54, 1.807) is 42.1 Å². The van der Waals surface area contributed by atoms with Gasteiger partial charge in [-0.05, 0) is 54.3 Å². The van der Waals surface area contributed by atoms with Crippen molar-refractivity contribution in [1.29, 1.82) is 5.26 Å². The third-order valence-electron chi connectivity index (χ3n) is 3.17. The van der Waals surface area contributed by atoms with E-state index < -0.39 is 11.9 Å². The van der Waals surface area contributed by atoms with E-state index in [2.05, 4.69) is 5.32 Å². The van der Waals surface area contributed by atoms with Crippen LogP contribution >= 0.6 is 11.8 Å². The van der Waals surface area contributed by atoms with Crippen molar-refractivity contribution >= 4 is 35.4 Å². The first-order chi connectivity index (χ1) is 12.1. The van der Waals surface area contributed by atoms with Gasteiger partial charge >= 0.3 is 5.97 Å². The Kier molecular flexibility index (Phi) is 6.81. The number of thioether (sulfide) groups is 1. The number of carbonyl (C=O) groups is 2. The predicted octanol–water partition coefficient (Wildman–Crippen LogP) is 3.48. The van der Waals surface area contributed by atoms with Gasteiger partial charge in [0.15, 0.2) is 6.61 Å². The fourth-order valence-corrected chi connectivity index (χ4v) is 2.30. The van der Waals surface area contributed by atoms with Crippen LogP contribution in [-0.2, 0) is 14.3 Å². The van der Waals surface area contributed by atoms with E-state index in [9.17, 15) is 9.59 Å². The molecule has 0 unspecified atom stereocenters. The highest BCUT2D eigenvalue weighted by atomic mass is 32.2. The molecule has 1 N–H and O–H groups in total. The number of nitrogens with zero attached hydrogens (tertiary/aromatic N) is 1. The van der Waals surface area contributed by atoms with Crippen molar-refractivity contribution in [3.63, 3.8) is 0 Å². The molecule has 0 radical (unpaired) electrons. The van der Waals surface area contributed by atoms with Gasteiger partial charge in [-0.3, -0.25) is 4.79 Å². The van der Waals surface area contributed by atoms with Crippen LogP contribution in [0.3, 0.4) is 0 Å². The Labute approximate surface area is 150 Å². The van der Waals surface area contributed by atoms with Crippen molar-refractivity contribution in [2.45, 2.75) is 4.90 Å². The van der Waals surface area contributed by atoms with Crippen LogP contribution in [0, 0.1) is 11.3 Å². The SMILES string of the molecule is CSc1ccc(/C=C/C(=O)OCC(=O)Nc2ccc(C#N)cc2)cc1. The lowest BCUT2D eigenvalue weighted by Gasteiger charge is -2.05. The van der Waals surface area contributed by atoms with E-state index >= 15 is 0 Å². The molecule has 0 aliphatic heterocycles. The van der Waals surface area contributed by atoms with Crippen LogP contribution in [-0.4, -0.2) is 24.7 Å². The minimum atomic E-state index is -0.594. The molecule has 0 aromatic heterocycles. The number of ether oxygens (including phenoxy) is 1. The topological polar surface area (TPSA) is 79.2 Å². The Morgan fingerprint density at radius 3 is 2.44 bits per heavy atom. The average Bonchev–Trinajstić information content (AvgIpc) is 2.65. The fourth-order valence-electron chi connectivity index (χ4n) is 1.89. The number of esters is 1. The molecule has 5 nitrogen and oxygen atoms in total. The third-order valence-corrected chi connectivity index (χ3v) is 3.91. The molecule has 126 valence electrons. The molecule has 1 amide bonds. The Balaban J connectivity index is 1.79. The minimum Gasteiger partial charge on any atom is -0.452 e. The second kappa shape index (κ2) is 9.30. The summed E-state index contributed by atoms with van der Waals surface area (Å²) in [6.07, 6.45) is 4.90. The van der Waals surface area contributed by atoms with Crippen LogP contribution in [0.15, 0.2) is 59.5 Å². The molecule has 0 saturated heterocycles. The number of carbonyl (C=O) groups excluding carboxylic acids is 2. The van der Waals surface area contributed by atoms with Gasteiger partial charge in [-0.15, -0.1) is 11.8 Å². The normalized spacial score (nSPS) is 10.2. The molecule has 6 heteroatoms. The lowest BCUT2D eigenvalue weighted by Crippen LogP contribution is -2.20. The number of hydrogen-bond donors (Lipinski definition) is 1. The summed E-state index contributed by atoms with van der Waals surface area (Å²) in [6, 6.07) is 16.1.